The first-order valence-corrected chi connectivity index (χ1v) is 8.00. The average molecular weight is 315 g/mol. The van der Waals surface area contributed by atoms with E-state index in [4.69, 9.17) is 0 Å². The van der Waals surface area contributed by atoms with Crippen molar-refractivity contribution in [3.8, 4) is 0 Å². The Balaban J connectivity index is 1.42. The van der Waals surface area contributed by atoms with Gasteiger partial charge in [0.1, 0.15) is 5.82 Å². The number of hydrogen-bond acceptors (Lipinski definition) is 2. The molecule has 4 nitrogen and oxygen atoms in total. The van der Waals surface area contributed by atoms with Gasteiger partial charge in [-0.15, -0.1) is 0 Å². The lowest BCUT2D eigenvalue weighted by Gasteiger charge is -2.06. The number of nitrogens with one attached hydrogen (secondary N) is 2. The third-order valence-corrected chi connectivity index (χ3v) is 4.06. The number of nitrogens with zero attached hydrogens (tertiary/aromatic N) is 1. The molecule has 24 heavy (non-hydrogen) atoms. The average Bonchev–Trinajstić information content (AvgIpc) is 3.03. The number of amides is 1. The number of hydrogen-bond donors (Lipinski definition) is 2. The maximum Gasteiger partial charge on any atom is 0.224 e. The van der Waals surface area contributed by atoms with Crippen LogP contribution in [0.2, 0.25) is 0 Å². The van der Waals surface area contributed by atoms with Crippen molar-refractivity contribution >= 4 is 33.4 Å². The van der Waals surface area contributed by atoms with E-state index in [-0.39, 0.29) is 5.91 Å². The fourth-order valence-corrected chi connectivity index (χ4v) is 2.85. The Morgan fingerprint density at radius 1 is 0.958 bits per heavy atom. The predicted octanol–water partition coefficient (Wildman–Crippen LogP) is 4.29. The van der Waals surface area contributed by atoms with Gasteiger partial charge in [-0.25, -0.2) is 4.98 Å². The number of para-hydroxylation sites is 2. The highest BCUT2D eigenvalue weighted by molar-refractivity contribution is 5.94. The van der Waals surface area contributed by atoms with Crippen LogP contribution in [0.1, 0.15) is 12.2 Å². The summed E-state index contributed by atoms with van der Waals surface area (Å²) in [6.45, 7) is 0. The fourth-order valence-electron chi connectivity index (χ4n) is 2.85. The number of carbonyl (C=O) groups excluding carboxylic acids is 1. The van der Waals surface area contributed by atoms with E-state index in [9.17, 15) is 4.79 Å². The quantitative estimate of drug-likeness (QED) is 0.590. The van der Waals surface area contributed by atoms with E-state index in [0.717, 1.165) is 33.3 Å². The molecule has 0 aliphatic carbocycles. The van der Waals surface area contributed by atoms with Crippen molar-refractivity contribution < 1.29 is 4.79 Å². The van der Waals surface area contributed by atoms with Crippen LogP contribution >= 0.6 is 0 Å². The highest BCUT2D eigenvalue weighted by Gasteiger charge is 2.07. The molecule has 1 aromatic heterocycles. The zero-order valence-corrected chi connectivity index (χ0v) is 13.1. The molecule has 0 saturated carbocycles. The largest absolute Gasteiger partial charge is 0.342 e. The van der Waals surface area contributed by atoms with Crippen molar-refractivity contribution in [3.05, 3.63) is 72.6 Å². The van der Waals surface area contributed by atoms with Gasteiger partial charge in [-0.05, 0) is 35.0 Å². The monoisotopic (exact) mass is 315 g/mol. The van der Waals surface area contributed by atoms with Crippen LogP contribution in [-0.4, -0.2) is 15.9 Å². The van der Waals surface area contributed by atoms with E-state index in [1.165, 1.54) is 0 Å². The molecule has 0 aliphatic heterocycles. The van der Waals surface area contributed by atoms with E-state index in [0.29, 0.717) is 12.8 Å². The maximum absolute atomic E-state index is 12.2. The SMILES string of the molecule is O=C(CCc1nc2ccccc2[nH]1)Nc1ccc2ccccc2c1. The summed E-state index contributed by atoms with van der Waals surface area (Å²) >= 11 is 0. The van der Waals surface area contributed by atoms with Crippen LogP contribution in [0.5, 0.6) is 0 Å². The van der Waals surface area contributed by atoms with Crippen molar-refractivity contribution in [2.75, 3.05) is 5.32 Å². The minimum absolute atomic E-state index is 0.00858. The molecule has 1 amide bonds. The first-order valence-electron chi connectivity index (χ1n) is 8.00. The second-order valence-electron chi connectivity index (χ2n) is 5.81. The van der Waals surface area contributed by atoms with Gasteiger partial charge in [0.25, 0.3) is 0 Å². The molecule has 4 heteroatoms. The Labute approximate surface area is 139 Å². The van der Waals surface area contributed by atoms with Crippen LogP contribution in [0.15, 0.2) is 66.7 Å². The van der Waals surface area contributed by atoms with Crippen LogP contribution in [0.4, 0.5) is 5.69 Å². The maximum atomic E-state index is 12.2. The standard InChI is InChI=1S/C20H17N3O/c24-20(12-11-19-22-17-7-3-4-8-18(17)23-19)21-16-10-9-14-5-1-2-6-15(14)13-16/h1-10,13H,11-12H2,(H,21,24)(H,22,23). The lowest BCUT2D eigenvalue weighted by atomic mass is 10.1. The van der Waals surface area contributed by atoms with Crippen molar-refractivity contribution in [1.82, 2.24) is 9.97 Å². The fraction of sp³-hybridized carbons (Fsp3) is 0.100. The van der Waals surface area contributed by atoms with E-state index in [1.807, 2.05) is 60.7 Å². The Hall–Kier alpha value is -3.14. The zero-order chi connectivity index (χ0) is 16.4. The molecule has 4 aromatic rings. The van der Waals surface area contributed by atoms with Crippen LogP contribution in [0.25, 0.3) is 21.8 Å². The van der Waals surface area contributed by atoms with Gasteiger partial charge in [0.15, 0.2) is 0 Å². The van der Waals surface area contributed by atoms with Crippen molar-refractivity contribution in [1.29, 1.82) is 0 Å². The van der Waals surface area contributed by atoms with Crippen LogP contribution in [-0.2, 0) is 11.2 Å². The molecule has 0 unspecified atom stereocenters. The van der Waals surface area contributed by atoms with Crippen molar-refractivity contribution in [2.24, 2.45) is 0 Å². The molecule has 0 bridgehead atoms. The number of fused-ring (bicyclic) bond motifs is 2. The van der Waals surface area contributed by atoms with Crippen LogP contribution < -0.4 is 5.32 Å². The zero-order valence-electron chi connectivity index (χ0n) is 13.1. The lowest BCUT2D eigenvalue weighted by molar-refractivity contribution is -0.116. The molecular weight excluding hydrogens is 298 g/mol. The summed E-state index contributed by atoms with van der Waals surface area (Å²) < 4.78 is 0. The van der Waals surface area contributed by atoms with Gasteiger partial charge in [0, 0.05) is 18.5 Å². The molecule has 0 aliphatic rings. The molecule has 0 spiro atoms. The third-order valence-electron chi connectivity index (χ3n) is 4.06. The Kier molecular flexibility index (Phi) is 3.71. The van der Waals surface area contributed by atoms with Crippen LogP contribution in [0.3, 0.4) is 0 Å². The van der Waals surface area contributed by atoms with E-state index >= 15 is 0 Å². The number of anilines is 1. The molecule has 0 atom stereocenters. The predicted molar refractivity (Wildman–Crippen MR) is 97.0 cm³/mol. The number of imidazole rings is 1. The van der Waals surface area contributed by atoms with Gasteiger partial charge in [-0.2, -0.15) is 0 Å². The summed E-state index contributed by atoms with van der Waals surface area (Å²) in [6, 6.07) is 21.9. The van der Waals surface area contributed by atoms with Gasteiger partial charge in [0.2, 0.25) is 5.91 Å². The molecule has 0 radical (unpaired) electrons. The third kappa shape index (κ3) is 2.99. The van der Waals surface area contributed by atoms with Gasteiger partial charge >= 0.3 is 0 Å². The highest BCUT2D eigenvalue weighted by atomic mass is 16.1. The molecule has 0 fully saturated rings. The number of benzene rings is 3. The van der Waals surface area contributed by atoms with E-state index in [2.05, 4.69) is 21.4 Å². The van der Waals surface area contributed by atoms with Crippen molar-refractivity contribution in [2.45, 2.75) is 12.8 Å². The van der Waals surface area contributed by atoms with Gasteiger partial charge in [0.05, 0.1) is 11.0 Å². The first-order chi connectivity index (χ1) is 11.8. The van der Waals surface area contributed by atoms with Crippen molar-refractivity contribution in [3.63, 3.8) is 0 Å². The van der Waals surface area contributed by atoms with Gasteiger partial charge in [-0.1, -0.05) is 42.5 Å². The first kappa shape index (κ1) is 14.5. The molecule has 0 saturated heterocycles. The van der Waals surface area contributed by atoms with Crippen LogP contribution in [0, 0.1) is 0 Å². The summed E-state index contributed by atoms with van der Waals surface area (Å²) in [7, 11) is 0. The minimum Gasteiger partial charge on any atom is -0.342 e. The molecule has 2 N–H and O–H groups in total. The number of aromatic amines is 1. The number of aryl methyl sites for hydroxylation is 1. The molecule has 3 aromatic carbocycles. The molecule has 4 rings (SSSR count). The number of rotatable bonds is 4. The number of carbonyl (C=O) groups is 1. The second-order valence-corrected chi connectivity index (χ2v) is 5.81. The number of aromatic nitrogens is 2. The lowest BCUT2D eigenvalue weighted by Crippen LogP contribution is -2.12. The summed E-state index contributed by atoms with van der Waals surface area (Å²) in [5, 5.41) is 5.24. The minimum atomic E-state index is -0.00858. The summed E-state index contributed by atoms with van der Waals surface area (Å²) in [5.41, 5.74) is 2.76. The Morgan fingerprint density at radius 3 is 2.62 bits per heavy atom. The summed E-state index contributed by atoms with van der Waals surface area (Å²) in [6.07, 6.45) is 0.987. The van der Waals surface area contributed by atoms with Gasteiger partial charge < -0.3 is 10.3 Å². The smallest absolute Gasteiger partial charge is 0.224 e. The normalized spacial score (nSPS) is 11.0. The number of H-pyrrole nitrogens is 1. The molecule has 118 valence electrons. The topological polar surface area (TPSA) is 57.8 Å². The van der Waals surface area contributed by atoms with E-state index in [1.54, 1.807) is 0 Å². The van der Waals surface area contributed by atoms with Gasteiger partial charge in [-0.3, -0.25) is 4.79 Å². The molecular formula is C20H17N3O. The second kappa shape index (κ2) is 6.16. The Bertz CT molecular complexity index is 986. The highest BCUT2D eigenvalue weighted by Crippen LogP contribution is 2.19. The summed E-state index contributed by atoms with van der Waals surface area (Å²) in [5.74, 6) is 0.829. The van der Waals surface area contributed by atoms with E-state index < -0.39 is 0 Å². The molecule has 1 heterocycles. The summed E-state index contributed by atoms with van der Waals surface area (Å²) in [4.78, 5) is 19.9. The Morgan fingerprint density at radius 2 is 1.75 bits per heavy atom.